The predicted molar refractivity (Wildman–Crippen MR) is 209 cm³/mol. The molecule has 1 aliphatic rings. The molecular weight excluding hydrogens is 693 g/mol. The van der Waals surface area contributed by atoms with Gasteiger partial charge < -0.3 is 36.3 Å². The number of nitrogens with zero attached hydrogens (tertiary/aromatic N) is 2. The first-order valence-corrected chi connectivity index (χ1v) is 18.4. The molecule has 4 unspecified atom stereocenters. The lowest BCUT2D eigenvalue weighted by Crippen LogP contribution is -2.60. The maximum Gasteiger partial charge on any atom is 0.389 e. The van der Waals surface area contributed by atoms with E-state index < -0.39 is 30.1 Å². The highest BCUT2D eigenvalue weighted by atomic mass is 19.4. The van der Waals surface area contributed by atoms with Gasteiger partial charge in [-0.25, -0.2) is 4.79 Å². The predicted octanol–water partition coefficient (Wildman–Crippen LogP) is 6.42. The number of likely N-dealkylation sites (tertiary alicyclic amines) is 1. The largest absolute Gasteiger partial charge is 0.389 e. The van der Waals surface area contributed by atoms with E-state index in [1.807, 2.05) is 80.9 Å². The molecule has 1 aliphatic heterocycles. The van der Waals surface area contributed by atoms with Crippen molar-refractivity contribution in [3.8, 4) is 0 Å². The molecule has 0 saturated carbocycles. The Morgan fingerprint density at radius 3 is 1.77 bits per heavy atom. The van der Waals surface area contributed by atoms with Gasteiger partial charge in [-0.1, -0.05) is 75.3 Å². The lowest BCUT2D eigenvalue weighted by atomic mass is 9.85. The summed E-state index contributed by atoms with van der Waals surface area (Å²) in [4.78, 5) is 69.8. The molecule has 0 aromatic rings. The summed E-state index contributed by atoms with van der Waals surface area (Å²) >= 11 is 0. The number of carbonyl (C=O) groups is 6. The van der Waals surface area contributed by atoms with Gasteiger partial charge in [-0.15, -0.1) is 6.58 Å². The van der Waals surface area contributed by atoms with Gasteiger partial charge in [0, 0.05) is 58.5 Å². The van der Waals surface area contributed by atoms with Gasteiger partial charge in [0.1, 0.15) is 18.6 Å². The third-order valence-electron chi connectivity index (χ3n) is 7.59. The van der Waals surface area contributed by atoms with Crippen molar-refractivity contribution in [2.24, 2.45) is 16.6 Å². The Morgan fingerprint density at radius 1 is 0.962 bits per heavy atom. The second-order valence-corrected chi connectivity index (χ2v) is 14.2. The first kappa shape index (κ1) is 58.8. The van der Waals surface area contributed by atoms with Crippen molar-refractivity contribution >= 4 is 36.8 Å². The van der Waals surface area contributed by atoms with E-state index in [0.29, 0.717) is 19.5 Å². The number of urea groups is 1. The minimum absolute atomic E-state index is 0.0270. The van der Waals surface area contributed by atoms with Gasteiger partial charge in [-0.2, -0.15) is 13.2 Å². The second-order valence-electron chi connectivity index (χ2n) is 14.2. The fraction of sp³-hybridized carbons (Fsp3) is 0.789. The Balaban J connectivity index is -0.000000257. The van der Waals surface area contributed by atoms with Crippen molar-refractivity contribution in [3.05, 3.63) is 12.7 Å². The van der Waals surface area contributed by atoms with E-state index in [4.69, 9.17) is 10.5 Å². The number of carbonyl (C=O) groups excluding carboxylic acids is 6. The van der Waals surface area contributed by atoms with E-state index in [0.717, 1.165) is 19.4 Å². The average Bonchev–Trinajstić information content (AvgIpc) is 3.50. The van der Waals surface area contributed by atoms with E-state index in [2.05, 4.69) is 29.5 Å². The van der Waals surface area contributed by atoms with E-state index in [9.17, 15) is 37.1 Å². The lowest BCUT2D eigenvalue weighted by Gasteiger charge is -2.37. The SMILES string of the molecule is C=CCN.C=O.CC.CC.CC(=O)CC(CCCC(F)(F)F)NC=O.CC(=O)N(C)CC(NC(=O)NC(C(=O)N1CCCC1C)C(C)(C)C)C(C)(C)C. The topological polar surface area (TPSA) is 171 Å². The number of rotatable bonds is 13. The zero-order valence-corrected chi connectivity index (χ0v) is 35.3. The summed E-state index contributed by atoms with van der Waals surface area (Å²) in [6.07, 6.45) is -0.848. The number of likely N-dealkylation sites (N-methyl/N-ethyl adjacent to an activating group) is 1. The Bertz CT molecular complexity index is 1020. The first-order chi connectivity index (χ1) is 24.4. The zero-order chi connectivity index (χ0) is 43.2. The molecule has 53 heavy (non-hydrogen) atoms. The summed E-state index contributed by atoms with van der Waals surface area (Å²) in [5, 5.41) is 8.23. The lowest BCUT2D eigenvalue weighted by molar-refractivity contribution is -0.137. The van der Waals surface area contributed by atoms with Crippen molar-refractivity contribution in [1.29, 1.82) is 0 Å². The minimum Gasteiger partial charge on any atom is -0.356 e. The van der Waals surface area contributed by atoms with Crippen molar-refractivity contribution in [3.63, 3.8) is 0 Å². The molecule has 0 radical (unpaired) electrons. The molecule has 314 valence electrons. The molecule has 0 aromatic heterocycles. The van der Waals surface area contributed by atoms with Gasteiger partial charge in [0.2, 0.25) is 18.2 Å². The Morgan fingerprint density at radius 2 is 1.45 bits per heavy atom. The molecule has 5 amide bonds. The van der Waals surface area contributed by atoms with Gasteiger partial charge in [-0.3, -0.25) is 19.2 Å². The number of Topliss-reactive ketones (excluding diaryl/α,β-unsaturated/α-hetero) is 1. The summed E-state index contributed by atoms with van der Waals surface area (Å²) in [6, 6.07) is -1.52. The van der Waals surface area contributed by atoms with Crippen LogP contribution in [0.2, 0.25) is 0 Å². The normalized spacial score (nSPS) is 15.0. The molecule has 0 aliphatic carbocycles. The molecule has 1 fully saturated rings. The molecule has 1 heterocycles. The van der Waals surface area contributed by atoms with Crippen LogP contribution in [0.25, 0.3) is 0 Å². The molecule has 0 bridgehead atoms. The quantitative estimate of drug-likeness (QED) is 0.124. The first-order valence-electron chi connectivity index (χ1n) is 18.4. The van der Waals surface area contributed by atoms with Crippen LogP contribution in [-0.4, -0.2) is 104 Å². The van der Waals surface area contributed by atoms with E-state index >= 15 is 0 Å². The Labute approximate surface area is 319 Å². The third kappa shape index (κ3) is 31.7. The van der Waals surface area contributed by atoms with Crippen LogP contribution >= 0.6 is 0 Å². The second kappa shape index (κ2) is 32.0. The van der Waals surface area contributed by atoms with Crippen LogP contribution in [-0.2, 0) is 24.0 Å². The van der Waals surface area contributed by atoms with Gasteiger partial charge in [0.25, 0.3) is 0 Å². The zero-order valence-electron chi connectivity index (χ0n) is 35.3. The van der Waals surface area contributed by atoms with Crippen molar-refractivity contribution in [2.75, 3.05) is 26.7 Å². The molecule has 5 N–H and O–H groups in total. The number of alkyl halides is 3. The number of halogens is 3. The van der Waals surface area contributed by atoms with Crippen LogP contribution in [0.1, 0.15) is 129 Å². The molecule has 4 atom stereocenters. The van der Waals surface area contributed by atoms with Crippen LogP contribution in [0.3, 0.4) is 0 Å². The van der Waals surface area contributed by atoms with Crippen LogP contribution in [0.15, 0.2) is 12.7 Å². The summed E-state index contributed by atoms with van der Waals surface area (Å²) in [7, 11) is 1.72. The number of nitrogens with two attached hydrogens (primary N) is 1. The number of nitrogens with one attached hydrogen (secondary N) is 3. The van der Waals surface area contributed by atoms with Crippen LogP contribution < -0.4 is 21.7 Å². The van der Waals surface area contributed by atoms with Crippen molar-refractivity contribution in [2.45, 2.75) is 159 Å². The number of ketones is 1. The standard InChI is InChI=1S/C21H40N4O3.C9H14F3NO2.C3H7N.2C2H6.CH2O/c1-14-11-10-12-25(14)18(27)17(21(6,7)8)23-19(28)22-16(20(3,4)5)13-24(9)15(2)26;1-7(15)5-8(13-6-14)3-2-4-9(10,11)12;1-2-3-4;3*1-2/h14,16-17H,10-13H2,1-9H3,(H2,22,23,28);6,8H,2-5H2,1H3,(H,13,14);2H,1,3-4H2;2*1-2H3;1H2. The summed E-state index contributed by atoms with van der Waals surface area (Å²) < 4.78 is 35.4. The van der Waals surface area contributed by atoms with Crippen molar-refractivity contribution in [1.82, 2.24) is 25.8 Å². The van der Waals surface area contributed by atoms with Crippen LogP contribution in [0.4, 0.5) is 18.0 Å². The maximum atomic E-state index is 13.1. The highest BCUT2D eigenvalue weighted by Crippen LogP contribution is 2.26. The molecule has 1 saturated heterocycles. The van der Waals surface area contributed by atoms with Gasteiger partial charge in [-0.05, 0) is 50.4 Å². The van der Waals surface area contributed by atoms with Crippen molar-refractivity contribution < 1.29 is 41.9 Å². The highest BCUT2D eigenvalue weighted by molar-refractivity contribution is 5.88. The number of hydrogen-bond donors (Lipinski definition) is 4. The van der Waals surface area contributed by atoms with Crippen LogP contribution in [0.5, 0.6) is 0 Å². The molecular formula is C38H75F3N6O6. The minimum atomic E-state index is -4.18. The molecule has 15 heteroatoms. The van der Waals surface area contributed by atoms with E-state index in [1.165, 1.54) is 13.8 Å². The summed E-state index contributed by atoms with van der Waals surface area (Å²) in [5.41, 5.74) is 4.25. The van der Waals surface area contributed by atoms with E-state index in [-0.39, 0.29) is 60.4 Å². The smallest absolute Gasteiger partial charge is 0.356 e. The van der Waals surface area contributed by atoms with Gasteiger partial charge in [0.15, 0.2) is 0 Å². The number of amides is 5. The fourth-order valence-electron chi connectivity index (χ4n) is 4.58. The summed E-state index contributed by atoms with van der Waals surface area (Å²) in [5.74, 6) is -0.232. The molecule has 0 spiro atoms. The van der Waals surface area contributed by atoms with Gasteiger partial charge >= 0.3 is 12.2 Å². The third-order valence-corrected chi connectivity index (χ3v) is 7.59. The molecule has 12 nitrogen and oxygen atoms in total. The Kier molecular flexibility index (Phi) is 35.5. The van der Waals surface area contributed by atoms with E-state index in [1.54, 1.807) is 18.0 Å². The molecule has 0 aromatic carbocycles. The average molecular weight is 769 g/mol. The number of hydrogen-bond acceptors (Lipinski definition) is 7. The Hall–Kier alpha value is -3.49. The molecule has 1 rings (SSSR count). The fourth-order valence-corrected chi connectivity index (χ4v) is 4.58. The maximum absolute atomic E-state index is 13.1. The van der Waals surface area contributed by atoms with Gasteiger partial charge in [0.05, 0.1) is 6.04 Å². The van der Waals surface area contributed by atoms with Crippen LogP contribution in [0, 0.1) is 10.8 Å². The monoisotopic (exact) mass is 769 g/mol. The summed E-state index contributed by atoms with van der Waals surface area (Å²) in [6.45, 7) is 31.9. The highest BCUT2D eigenvalue weighted by Gasteiger charge is 2.39.